The maximum atomic E-state index is 11.7. The van der Waals surface area contributed by atoms with E-state index in [0.29, 0.717) is 13.0 Å². The number of pyridine rings is 1. The molecule has 18 heavy (non-hydrogen) atoms. The van der Waals surface area contributed by atoms with Crippen molar-refractivity contribution in [2.75, 3.05) is 6.54 Å². The van der Waals surface area contributed by atoms with Crippen LogP contribution in [0.5, 0.6) is 5.75 Å². The van der Waals surface area contributed by atoms with Gasteiger partial charge in [0.25, 0.3) is 5.91 Å². The highest BCUT2D eigenvalue weighted by Gasteiger charge is 2.11. The van der Waals surface area contributed by atoms with Crippen LogP contribution >= 0.6 is 11.3 Å². The highest BCUT2D eigenvalue weighted by Crippen LogP contribution is 2.12. The lowest BCUT2D eigenvalue weighted by molar-refractivity contribution is 0.0946. The number of aromatic nitrogens is 2. The number of nitrogens with one attached hydrogen (secondary N) is 1. The lowest BCUT2D eigenvalue weighted by Gasteiger charge is -2.04. The molecule has 0 atom stereocenters. The Labute approximate surface area is 109 Å². The van der Waals surface area contributed by atoms with Crippen LogP contribution in [0.25, 0.3) is 0 Å². The SMILES string of the molecule is Cc1csc(CCNC(=O)c2ncccc2O)n1. The van der Waals surface area contributed by atoms with Crippen LogP contribution in [0, 0.1) is 6.92 Å². The van der Waals surface area contributed by atoms with E-state index in [2.05, 4.69) is 15.3 Å². The van der Waals surface area contributed by atoms with Gasteiger partial charge in [0.05, 0.1) is 5.01 Å². The molecule has 5 nitrogen and oxygen atoms in total. The van der Waals surface area contributed by atoms with Gasteiger partial charge in [-0.25, -0.2) is 9.97 Å². The fraction of sp³-hybridized carbons (Fsp3) is 0.250. The van der Waals surface area contributed by atoms with Gasteiger partial charge < -0.3 is 10.4 Å². The van der Waals surface area contributed by atoms with Crippen LogP contribution in [0.15, 0.2) is 23.7 Å². The summed E-state index contributed by atoms with van der Waals surface area (Å²) in [5.41, 5.74) is 1.04. The smallest absolute Gasteiger partial charge is 0.273 e. The van der Waals surface area contributed by atoms with Crippen LogP contribution in [0.3, 0.4) is 0 Å². The third kappa shape index (κ3) is 3.04. The molecule has 0 unspecified atom stereocenters. The summed E-state index contributed by atoms with van der Waals surface area (Å²) in [6, 6.07) is 3.01. The largest absolute Gasteiger partial charge is 0.505 e. The summed E-state index contributed by atoms with van der Waals surface area (Å²) in [4.78, 5) is 19.8. The molecule has 2 rings (SSSR count). The Hall–Kier alpha value is -1.95. The molecule has 2 heterocycles. The van der Waals surface area contributed by atoms with Crippen molar-refractivity contribution in [2.45, 2.75) is 13.3 Å². The predicted octanol–water partition coefficient (Wildman–Crippen LogP) is 1.52. The van der Waals surface area contributed by atoms with Crippen LogP contribution < -0.4 is 5.32 Å². The average Bonchev–Trinajstić information content (AvgIpc) is 2.75. The number of hydrogen-bond acceptors (Lipinski definition) is 5. The first kappa shape index (κ1) is 12.5. The van der Waals surface area contributed by atoms with Gasteiger partial charge >= 0.3 is 0 Å². The molecule has 6 heteroatoms. The van der Waals surface area contributed by atoms with Crippen molar-refractivity contribution in [3.05, 3.63) is 40.1 Å². The molecule has 1 amide bonds. The van der Waals surface area contributed by atoms with Gasteiger partial charge in [-0.2, -0.15) is 0 Å². The Morgan fingerprint density at radius 1 is 1.56 bits per heavy atom. The van der Waals surface area contributed by atoms with Gasteiger partial charge in [0.1, 0.15) is 5.75 Å². The third-order valence-corrected chi connectivity index (χ3v) is 3.32. The van der Waals surface area contributed by atoms with Crippen molar-refractivity contribution < 1.29 is 9.90 Å². The molecule has 0 fully saturated rings. The normalized spacial score (nSPS) is 10.3. The highest BCUT2D eigenvalue weighted by molar-refractivity contribution is 7.09. The Bertz CT molecular complexity index is 554. The van der Waals surface area contributed by atoms with Crippen LogP contribution in [-0.2, 0) is 6.42 Å². The quantitative estimate of drug-likeness (QED) is 0.877. The Kier molecular flexibility index (Phi) is 3.88. The minimum atomic E-state index is -0.374. The summed E-state index contributed by atoms with van der Waals surface area (Å²) < 4.78 is 0. The maximum Gasteiger partial charge on any atom is 0.273 e. The minimum absolute atomic E-state index is 0.0489. The number of rotatable bonds is 4. The molecule has 0 aromatic carbocycles. The van der Waals surface area contributed by atoms with Gasteiger partial charge in [0.15, 0.2) is 5.69 Å². The van der Waals surface area contributed by atoms with Crippen molar-refractivity contribution in [3.63, 3.8) is 0 Å². The first-order valence-corrected chi connectivity index (χ1v) is 6.38. The summed E-state index contributed by atoms with van der Waals surface area (Å²) in [7, 11) is 0. The number of carbonyl (C=O) groups is 1. The summed E-state index contributed by atoms with van der Waals surface area (Å²) in [5, 5.41) is 15.1. The van der Waals surface area contributed by atoms with Gasteiger partial charge in [-0.3, -0.25) is 4.79 Å². The van der Waals surface area contributed by atoms with Crippen LogP contribution in [0.2, 0.25) is 0 Å². The van der Waals surface area contributed by atoms with E-state index in [4.69, 9.17) is 0 Å². The average molecular weight is 263 g/mol. The first-order valence-electron chi connectivity index (χ1n) is 5.50. The van der Waals surface area contributed by atoms with Gasteiger partial charge in [0.2, 0.25) is 0 Å². The van der Waals surface area contributed by atoms with E-state index in [1.165, 1.54) is 12.3 Å². The summed E-state index contributed by atoms with van der Waals surface area (Å²) in [6.45, 7) is 2.41. The number of carbonyl (C=O) groups excluding carboxylic acids is 1. The van der Waals surface area contributed by atoms with Crippen molar-refractivity contribution in [1.29, 1.82) is 0 Å². The molecular formula is C12H13N3O2S. The topological polar surface area (TPSA) is 75.1 Å². The van der Waals surface area contributed by atoms with Crippen LogP contribution in [0.1, 0.15) is 21.2 Å². The zero-order valence-electron chi connectivity index (χ0n) is 9.88. The zero-order chi connectivity index (χ0) is 13.0. The van der Waals surface area contributed by atoms with Crippen LogP contribution in [-0.4, -0.2) is 27.5 Å². The molecule has 2 aromatic rings. The van der Waals surface area contributed by atoms with E-state index in [-0.39, 0.29) is 17.4 Å². The number of aryl methyl sites for hydroxylation is 1. The van der Waals surface area contributed by atoms with Crippen molar-refractivity contribution in [3.8, 4) is 5.75 Å². The standard InChI is InChI=1S/C12H13N3O2S/c1-8-7-18-10(15-8)4-6-14-12(17)11-9(16)3-2-5-13-11/h2-3,5,7,16H,4,6H2,1H3,(H,14,17). The Morgan fingerprint density at radius 2 is 2.39 bits per heavy atom. The van der Waals surface area contributed by atoms with E-state index in [1.54, 1.807) is 17.4 Å². The molecule has 0 aliphatic rings. The number of hydrogen-bond donors (Lipinski definition) is 2. The summed E-state index contributed by atoms with van der Waals surface area (Å²) in [6.07, 6.45) is 2.15. The fourth-order valence-electron chi connectivity index (χ4n) is 1.46. The molecule has 94 valence electrons. The van der Waals surface area contributed by atoms with E-state index in [1.807, 2.05) is 12.3 Å². The summed E-state index contributed by atoms with van der Waals surface area (Å²) in [5.74, 6) is -0.485. The van der Waals surface area contributed by atoms with E-state index < -0.39 is 0 Å². The van der Waals surface area contributed by atoms with Gasteiger partial charge in [-0.1, -0.05) is 0 Å². The first-order chi connectivity index (χ1) is 8.66. The molecular weight excluding hydrogens is 250 g/mol. The van der Waals surface area contributed by atoms with Crippen molar-refractivity contribution in [2.24, 2.45) is 0 Å². The number of aromatic hydroxyl groups is 1. The number of nitrogens with zero attached hydrogens (tertiary/aromatic N) is 2. The predicted molar refractivity (Wildman–Crippen MR) is 68.8 cm³/mol. The molecule has 0 saturated carbocycles. The van der Waals surface area contributed by atoms with E-state index >= 15 is 0 Å². The lowest BCUT2D eigenvalue weighted by Crippen LogP contribution is -2.26. The minimum Gasteiger partial charge on any atom is -0.505 e. The van der Waals surface area contributed by atoms with Crippen molar-refractivity contribution in [1.82, 2.24) is 15.3 Å². The zero-order valence-corrected chi connectivity index (χ0v) is 10.7. The van der Waals surface area contributed by atoms with Gasteiger partial charge in [-0.05, 0) is 19.1 Å². The number of thiazole rings is 1. The van der Waals surface area contributed by atoms with E-state index in [9.17, 15) is 9.90 Å². The molecule has 0 saturated heterocycles. The molecule has 0 bridgehead atoms. The summed E-state index contributed by atoms with van der Waals surface area (Å²) >= 11 is 1.57. The molecule has 2 N–H and O–H groups in total. The Morgan fingerprint density at radius 3 is 3.06 bits per heavy atom. The van der Waals surface area contributed by atoms with Crippen molar-refractivity contribution >= 4 is 17.2 Å². The van der Waals surface area contributed by atoms with E-state index in [0.717, 1.165) is 10.7 Å². The maximum absolute atomic E-state index is 11.7. The Balaban J connectivity index is 1.87. The van der Waals surface area contributed by atoms with Gasteiger partial charge in [-0.15, -0.1) is 11.3 Å². The second-order valence-corrected chi connectivity index (χ2v) is 4.70. The number of amides is 1. The third-order valence-electron chi connectivity index (χ3n) is 2.29. The molecule has 0 radical (unpaired) electrons. The lowest BCUT2D eigenvalue weighted by atomic mass is 10.3. The molecule has 0 aliphatic heterocycles. The second kappa shape index (κ2) is 5.59. The second-order valence-electron chi connectivity index (χ2n) is 3.76. The molecule has 2 aromatic heterocycles. The van der Waals surface area contributed by atoms with Crippen LogP contribution in [0.4, 0.5) is 0 Å². The monoisotopic (exact) mass is 263 g/mol. The highest BCUT2D eigenvalue weighted by atomic mass is 32.1. The van der Waals surface area contributed by atoms with Gasteiger partial charge in [0, 0.05) is 30.2 Å². The fourth-order valence-corrected chi connectivity index (χ4v) is 2.23. The molecule has 0 aliphatic carbocycles. The molecule has 0 spiro atoms.